The van der Waals surface area contributed by atoms with E-state index in [4.69, 9.17) is 4.74 Å². The molecule has 150 valence electrons. The molecule has 5 nitrogen and oxygen atoms in total. The molecule has 0 saturated heterocycles. The largest absolute Gasteiger partial charge is 0.496 e. The Bertz CT molecular complexity index is 1160. The van der Waals surface area contributed by atoms with Crippen LogP contribution in [0.5, 0.6) is 5.75 Å². The number of ether oxygens (including phenoxy) is 1. The van der Waals surface area contributed by atoms with Crippen molar-refractivity contribution >= 4 is 16.7 Å². The van der Waals surface area contributed by atoms with Crippen LogP contribution in [0, 0.1) is 0 Å². The molecule has 0 aliphatic rings. The highest BCUT2D eigenvalue weighted by molar-refractivity contribution is 5.88. The molecule has 30 heavy (non-hydrogen) atoms. The van der Waals surface area contributed by atoms with E-state index in [1.165, 1.54) is 0 Å². The van der Waals surface area contributed by atoms with Gasteiger partial charge in [-0.25, -0.2) is 0 Å². The van der Waals surface area contributed by atoms with Gasteiger partial charge in [-0.15, -0.1) is 0 Å². The quantitative estimate of drug-likeness (QED) is 0.497. The maximum atomic E-state index is 12.5. The number of aromatic nitrogens is 2. The number of nitrogens with zero attached hydrogens (tertiary/aromatic N) is 2. The van der Waals surface area contributed by atoms with Crippen molar-refractivity contribution in [3.63, 3.8) is 0 Å². The van der Waals surface area contributed by atoms with E-state index in [0.717, 1.165) is 38.9 Å². The number of carbonyl (C=O) groups is 1. The normalized spacial score (nSPS) is 10.7. The minimum Gasteiger partial charge on any atom is -0.496 e. The van der Waals surface area contributed by atoms with Crippen LogP contribution < -0.4 is 10.1 Å². The van der Waals surface area contributed by atoms with Crippen LogP contribution in [0.2, 0.25) is 0 Å². The summed E-state index contributed by atoms with van der Waals surface area (Å²) in [6.07, 6.45) is 6.26. The second kappa shape index (κ2) is 9.18. The average molecular weight is 397 g/mol. The molecule has 1 amide bonds. The zero-order valence-corrected chi connectivity index (χ0v) is 16.8. The molecule has 0 aliphatic carbocycles. The van der Waals surface area contributed by atoms with Crippen LogP contribution >= 0.6 is 0 Å². The Balaban J connectivity index is 1.40. The van der Waals surface area contributed by atoms with Gasteiger partial charge in [0.1, 0.15) is 5.75 Å². The summed E-state index contributed by atoms with van der Waals surface area (Å²) in [5.74, 6) is 0.824. The number of carbonyl (C=O) groups excluding carboxylic acids is 1. The number of benzene rings is 2. The van der Waals surface area contributed by atoms with Crippen molar-refractivity contribution in [3.05, 3.63) is 90.4 Å². The lowest BCUT2D eigenvalue weighted by atomic mass is 9.99. The fourth-order valence-corrected chi connectivity index (χ4v) is 3.56. The molecule has 0 unspecified atom stereocenters. The predicted octanol–water partition coefficient (Wildman–Crippen LogP) is 4.55. The molecule has 5 heteroatoms. The van der Waals surface area contributed by atoms with Gasteiger partial charge in [-0.1, -0.05) is 30.3 Å². The minimum absolute atomic E-state index is 0.00672. The van der Waals surface area contributed by atoms with E-state index in [2.05, 4.69) is 27.4 Å². The van der Waals surface area contributed by atoms with Gasteiger partial charge in [-0.2, -0.15) is 0 Å². The van der Waals surface area contributed by atoms with Gasteiger partial charge in [0.15, 0.2) is 0 Å². The first-order valence-electron chi connectivity index (χ1n) is 9.91. The lowest BCUT2D eigenvalue weighted by molar-refractivity contribution is -0.121. The first-order valence-corrected chi connectivity index (χ1v) is 9.91. The minimum atomic E-state index is 0.00672. The number of hydrogen-bond acceptors (Lipinski definition) is 4. The molecule has 4 rings (SSSR count). The van der Waals surface area contributed by atoms with Gasteiger partial charge in [0, 0.05) is 42.7 Å². The third kappa shape index (κ3) is 4.46. The topological polar surface area (TPSA) is 64.1 Å². The van der Waals surface area contributed by atoms with Crippen molar-refractivity contribution in [2.45, 2.75) is 19.4 Å². The summed E-state index contributed by atoms with van der Waals surface area (Å²) in [7, 11) is 1.66. The van der Waals surface area contributed by atoms with Gasteiger partial charge in [-0.05, 0) is 53.1 Å². The van der Waals surface area contributed by atoms with E-state index < -0.39 is 0 Å². The van der Waals surface area contributed by atoms with Crippen molar-refractivity contribution in [3.8, 4) is 17.0 Å². The fourth-order valence-electron chi connectivity index (χ4n) is 3.56. The van der Waals surface area contributed by atoms with Gasteiger partial charge >= 0.3 is 0 Å². The highest BCUT2D eigenvalue weighted by atomic mass is 16.5. The van der Waals surface area contributed by atoms with Crippen molar-refractivity contribution in [1.29, 1.82) is 0 Å². The van der Waals surface area contributed by atoms with Gasteiger partial charge < -0.3 is 10.1 Å². The Hall–Kier alpha value is -3.73. The number of fused-ring (bicyclic) bond motifs is 1. The van der Waals surface area contributed by atoms with Crippen LogP contribution in [0.1, 0.15) is 17.5 Å². The number of amides is 1. The van der Waals surface area contributed by atoms with Crippen LogP contribution in [0.3, 0.4) is 0 Å². The monoisotopic (exact) mass is 397 g/mol. The summed E-state index contributed by atoms with van der Waals surface area (Å²) >= 11 is 0. The highest BCUT2D eigenvalue weighted by Crippen LogP contribution is 2.29. The molecule has 2 aromatic carbocycles. The molecular formula is C25H23N3O2. The molecule has 0 bridgehead atoms. The number of hydrogen-bond donors (Lipinski definition) is 1. The molecule has 4 aromatic rings. The first-order chi connectivity index (χ1) is 14.7. The van der Waals surface area contributed by atoms with Gasteiger partial charge in [0.2, 0.25) is 5.91 Å². The summed E-state index contributed by atoms with van der Waals surface area (Å²) in [4.78, 5) is 20.9. The van der Waals surface area contributed by atoms with Gasteiger partial charge in [0.05, 0.1) is 12.8 Å². The Kier molecular flexibility index (Phi) is 5.99. The zero-order chi connectivity index (χ0) is 20.8. The lowest BCUT2D eigenvalue weighted by Gasteiger charge is -2.12. The SMILES string of the molecule is COc1ccc2ccccc2c1CCC(=O)NCc1ccnc(-c2ccncc2)c1. The summed E-state index contributed by atoms with van der Waals surface area (Å²) in [6.45, 7) is 0.464. The maximum Gasteiger partial charge on any atom is 0.220 e. The molecule has 0 aliphatic heterocycles. The van der Waals surface area contributed by atoms with Crippen LogP contribution in [-0.4, -0.2) is 23.0 Å². The van der Waals surface area contributed by atoms with E-state index in [0.29, 0.717) is 19.4 Å². The number of aryl methyl sites for hydroxylation is 1. The van der Waals surface area contributed by atoms with Crippen LogP contribution in [0.15, 0.2) is 79.3 Å². The standard InChI is InChI=1S/C25H23N3O2/c1-30-24-8-6-19-4-2-3-5-21(19)22(24)7-9-25(29)28-17-18-10-15-27-23(16-18)20-11-13-26-14-12-20/h2-6,8,10-16H,7,9,17H2,1H3,(H,28,29). The van der Waals surface area contributed by atoms with Crippen LogP contribution in [-0.2, 0) is 17.8 Å². The Morgan fingerprint density at radius 1 is 1.00 bits per heavy atom. The third-order valence-electron chi connectivity index (χ3n) is 5.11. The van der Waals surface area contributed by atoms with Crippen molar-refractivity contribution in [2.24, 2.45) is 0 Å². The van der Waals surface area contributed by atoms with Crippen molar-refractivity contribution < 1.29 is 9.53 Å². The van der Waals surface area contributed by atoms with Crippen molar-refractivity contribution in [1.82, 2.24) is 15.3 Å². The molecule has 0 radical (unpaired) electrons. The van der Waals surface area contributed by atoms with Gasteiger partial charge in [0.25, 0.3) is 0 Å². The zero-order valence-electron chi connectivity index (χ0n) is 16.8. The predicted molar refractivity (Wildman–Crippen MR) is 118 cm³/mol. The first kappa shape index (κ1) is 19.6. The summed E-state index contributed by atoms with van der Waals surface area (Å²) in [5.41, 5.74) is 3.94. The Morgan fingerprint density at radius 3 is 2.67 bits per heavy atom. The highest BCUT2D eigenvalue weighted by Gasteiger charge is 2.11. The molecule has 1 N–H and O–H groups in total. The average Bonchev–Trinajstić information content (AvgIpc) is 2.81. The summed E-state index contributed by atoms with van der Waals surface area (Å²) in [6, 6.07) is 19.9. The fraction of sp³-hybridized carbons (Fsp3) is 0.160. The van der Waals surface area contributed by atoms with Crippen LogP contribution in [0.4, 0.5) is 0 Å². The van der Waals surface area contributed by atoms with Crippen LogP contribution in [0.25, 0.3) is 22.0 Å². The van der Waals surface area contributed by atoms with E-state index in [9.17, 15) is 4.79 Å². The molecule has 0 spiro atoms. The van der Waals surface area contributed by atoms with E-state index in [-0.39, 0.29) is 5.91 Å². The second-order valence-corrected chi connectivity index (χ2v) is 7.03. The third-order valence-corrected chi connectivity index (χ3v) is 5.11. The number of rotatable bonds is 7. The summed E-state index contributed by atoms with van der Waals surface area (Å²) < 4.78 is 5.53. The molecule has 2 heterocycles. The molecule has 0 atom stereocenters. The maximum absolute atomic E-state index is 12.5. The van der Waals surface area contributed by atoms with Crippen molar-refractivity contribution in [2.75, 3.05) is 7.11 Å². The number of nitrogens with one attached hydrogen (secondary N) is 1. The Labute approximate surface area is 175 Å². The smallest absolute Gasteiger partial charge is 0.220 e. The second-order valence-electron chi connectivity index (χ2n) is 7.03. The van der Waals surface area contributed by atoms with E-state index >= 15 is 0 Å². The molecule has 2 aromatic heterocycles. The van der Waals surface area contributed by atoms with E-state index in [1.807, 2.05) is 48.5 Å². The number of methoxy groups -OCH3 is 1. The lowest BCUT2D eigenvalue weighted by Crippen LogP contribution is -2.23. The molecule has 0 saturated carbocycles. The van der Waals surface area contributed by atoms with E-state index in [1.54, 1.807) is 25.7 Å². The van der Waals surface area contributed by atoms with Gasteiger partial charge in [-0.3, -0.25) is 14.8 Å². The Morgan fingerprint density at radius 2 is 1.83 bits per heavy atom. The molecule has 0 fully saturated rings. The molecular weight excluding hydrogens is 374 g/mol. The number of pyridine rings is 2. The summed E-state index contributed by atoms with van der Waals surface area (Å²) in [5, 5.41) is 5.29.